The van der Waals surface area contributed by atoms with Crippen LogP contribution in [0.3, 0.4) is 0 Å². The van der Waals surface area contributed by atoms with Crippen LogP contribution in [0.25, 0.3) is 11.1 Å². The minimum absolute atomic E-state index is 0.0372. The lowest BCUT2D eigenvalue weighted by Gasteiger charge is -2.36. The summed E-state index contributed by atoms with van der Waals surface area (Å²) >= 11 is 13.2. The van der Waals surface area contributed by atoms with Gasteiger partial charge in [-0.05, 0) is 93.7 Å². The van der Waals surface area contributed by atoms with Crippen LogP contribution in [-0.2, 0) is 56.8 Å². The van der Waals surface area contributed by atoms with E-state index in [2.05, 4.69) is 11.4 Å². The molecular weight excluding hydrogens is 858 g/mol. The molecule has 1 amide bonds. The number of carboxylic acids is 1. The number of hydrogen-bond acceptors (Lipinski definition) is 9. The number of nitrogens with one attached hydrogen (secondary N) is 1. The zero-order chi connectivity index (χ0) is 42.8. The largest absolute Gasteiger partial charge is 0.489 e. The number of nitriles is 1. The first-order chi connectivity index (χ1) is 29.4. The van der Waals surface area contributed by atoms with E-state index in [1.807, 2.05) is 30.3 Å². The van der Waals surface area contributed by atoms with Gasteiger partial charge in [-0.25, -0.2) is 13.2 Å². The second kappa shape index (κ2) is 17.5. The van der Waals surface area contributed by atoms with Crippen molar-refractivity contribution in [1.29, 1.82) is 5.26 Å². The van der Waals surface area contributed by atoms with Crippen LogP contribution in [0.2, 0.25) is 10.0 Å². The number of thiophene rings is 1. The van der Waals surface area contributed by atoms with E-state index in [0.717, 1.165) is 32.3 Å². The number of ketones is 1. The van der Waals surface area contributed by atoms with E-state index in [1.54, 1.807) is 84.2 Å². The van der Waals surface area contributed by atoms with Gasteiger partial charge in [0.1, 0.15) is 34.4 Å². The number of nitrogens with zero attached hydrogens (tertiary/aromatic N) is 2. The van der Waals surface area contributed by atoms with Gasteiger partial charge in [-0.15, -0.1) is 11.3 Å². The quantitative estimate of drug-likeness (QED) is 0.123. The molecule has 0 aliphatic carbocycles. The summed E-state index contributed by atoms with van der Waals surface area (Å²) in [5, 5.41) is 24.5. The summed E-state index contributed by atoms with van der Waals surface area (Å²) in [6.07, 6.45) is -0.991. The SMILES string of the molecule is N#Cc1ccc(-c2ccc(C[C@H](NC(=O)[C@@H]3Cc4cc5c(cc4CN3S(=O)(=O)c3cccs3)OC(c3ccc(OCc4ccc(Cl)c(Cl)c4)cc3)C(=O)C5)C(=O)O)cc2)cc1. The maximum atomic E-state index is 14.1. The van der Waals surface area contributed by atoms with Crippen LogP contribution in [0.15, 0.2) is 125 Å². The van der Waals surface area contributed by atoms with Crippen LogP contribution < -0.4 is 14.8 Å². The Hall–Kier alpha value is -6.01. The minimum atomic E-state index is -4.21. The highest BCUT2D eigenvalue weighted by atomic mass is 35.5. The molecule has 15 heteroatoms. The van der Waals surface area contributed by atoms with E-state index in [0.29, 0.717) is 54.9 Å². The fourth-order valence-electron chi connectivity index (χ4n) is 7.43. The zero-order valence-corrected chi connectivity index (χ0v) is 35.2. The number of sulfonamides is 1. The summed E-state index contributed by atoms with van der Waals surface area (Å²) in [7, 11) is -4.21. The molecule has 11 nitrogen and oxygen atoms in total. The number of hydrogen-bond donors (Lipinski definition) is 2. The topological polar surface area (TPSA) is 163 Å². The van der Waals surface area contributed by atoms with E-state index >= 15 is 0 Å². The van der Waals surface area contributed by atoms with Gasteiger partial charge < -0.3 is 19.9 Å². The van der Waals surface area contributed by atoms with Crippen molar-refractivity contribution in [3.05, 3.63) is 170 Å². The van der Waals surface area contributed by atoms with Crippen molar-refractivity contribution in [3.8, 4) is 28.7 Å². The number of fused-ring (bicyclic) bond motifs is 2. The number of carbonyl (C=O) groups excluding carboxylic acids is 2. The molecule has 0 spiro atoms. The lowest BCUT2D eigenvalue weighted by Crippen LogP contribution is -2.55. The average Bonchev–Trinajstić information content (AvgIpc) is 3.82. The second-order valence-corrected chi connectivity index (χ2v) is 18.5. The second-order valence-electron chi connectivity index (χ2n) is 14.7. The summed E-state index contributed by atoms with van der Waals surface area (Å²) in [5.74, 6) is -1.23. The van der Waals surface area contributed by atoms with Crippen molar-refractivity contribution < 1.29 is 37.4 Å². The van der Waals surface area contributed by atoms with Crippen molar-refractivity contribution in [2.24, 2.45) is 0 Å². The summed E-state index contributed by atoms with van der Waals surface area (Å²) in [4.78, 5) is 40.2. The van der Waals surface area contributed by atoms with Crippen LogP contribution in [0.1, 0.15) is 45.0 Å². The Morgan fingerprint density at radius 2 is 1.61 bits per heavy atom. The van der Waals surface area contributed by atoms with Crippen LogP contribution >= 0.6 is 34.5 Å². The first kappa shape index (κ1) is 41.7. The predicted octanol–water partition coefficient (Wildman–Crippen LogP) is 8.35. The molecule has 8 rings (SSSR count). The molecule has 2 aliphatic heterocycles. The summed E-state index contributed by atoms with van der Waals surface area (Å²) in [5.41, 5.74) is 6.21. The van der Waals surface area contributed by atoms with Gasteiger partial charge in [0.25, 0.3) is 10.0 Å². The molecule has 0 bridgehead atoms. The fraction of sp³-hybridized carbons (Fsp3) is 0.174. The van der Waals surface area contributed by atoms with Gasteiger partial charge in [-0.3, -0.25) is 9.59 Å². The molecule has 0 saturated heterocycles. The summed E-state index contributed by atoms with van der Waals surface area (Å²) in [6, 6.07) is 32.5. The standard InChI is InChI=1S/C46H35Cl2N3O8S2/c47-37-16-7-29(18-38(37)48)26-58-36-14-12-32(13-15-36)44-41(52)22-34-20-33-21-40(51(25-35(33)23-42(34)59-44)61(56,57)43-2-1-17-60-43)45(53)50-39(46(54)55)19-27-3-8-30(9-4-27)31-10-5-28(24-49)6-11-31/h1-18,20,23,39-40,44H,19,21-22,25-26H2,(H,50,53)(H,54,55)/t39-,40-,44?/m0/s1. The maximum absolute atomic E-state index is 14.1. The number of amides is 1. The Kier molecular flexibility index (Phi) is 12.0. The Balaban J connectivity index is 1.000. The van der Waals surface area contributed by atoms with Crippen LogP contribution in [0, 0.1) is 11.3 Å². The number of ether oxygens (including phenoxy) is 2. The molecule has 0 fully saturated rings. The number of Topliss-reactive ketones (excluding diaryl/α,β-unsaturated/α-hetero) is 1. The summed E-state index contributed by atoms with van der Waals surface area (Å²) in [6.45, 7) is 0.0645. The molecule has 5 aromatic carbocycles. The number of halogens is 2. The van der Waals surface area contributed by atoms with Crippen LogP contribution in [0.4, 0.5) is 0 Å². The molecule has 3 atom stereocenters. The number of carboxylic acid groups (broad SMARTS) is 1. The third kappa shape index (κ3) is 9.05. The Bertz CT molecular complexity index is 2790. The fourth-order valence-corrected chi connectivity index (χ4v) is 10.4. The van der Waals surface area contributed by atoms with Gasteiger partial charge >= 0.3 is 5.97 Å². The molecule has 308 valence electrons. The number of aliphatic carboxylic acids is 1. The predicted molar refractivity (Wildman–Crippen MR) is 230 cm³/mol. The molecule has 61 heavy (non-hydrogen) atoms. The Morgan fingerprint density at radius 1 is 0.902 bits per heavy atom. The van der Waals surface area contributed by atoms with Crippen molar-refractivity contribution >= 4 is 62.2 Å². The monoisotopic (exact) mass is 891 g/mol. The van der Waals surface area contributed by atoms with E-state index in [-0.39, 0.29) is 42.4 Å². The molecule has 0 radical (unpaired) electrons. The van der Waals surface area contributed by atoms with E-state index in [9.17, 15) is 27.9 Å². The van der Waals surface area contributed by atoms with Gasteiger partial charge in [0.05, 0.1) is 21.7 Å². The van der Waals surface area contributed by atoms with Gasteiger partial charge in [-0.2, -0.15) is 9.57 Å². The highest BCUT2D eigenvalue weighted by Crippen LogP contribution is 2.39. The van der Waals surface area contributed by atoms with Crippen LogP contribution in [-0.4, -0.2) is 47.6 Å². The minimum Gasteiger partial charge on any atom is -0.489 e. The van der Waals surface area contributed by atoms with Crippen molar-refractivity contribution in [2.45, 2.75) is 54.8 Å². The van der Waals surface area contributed by atoms with Crippen LogP contribution in [0.5, 0.6) is 11.5 Å². The Morgan fingerprint density at radius 3 is 2.26 bits per heavy atom. The first-order valence-corrected chi connectivity index (χ1v) is 22.1. The highest BCUT2D eigenvalue weighted by molar-refractivity contribution is 7.91. The third-order valence-corrected chi connectivity index (χ3v) is 14.6. The normalized spacial score (nSPS) is 16.6. The van der Waals surface area contributed by atoms with Gasteiger partial charge in [0, 0.05) is 30.5 Å². The third-order valence-electron chi connectivity index (χ3n) is 10.7. The average molecular weight is 893 g/mol. The zero-order valence-electron chi connectivity index (χ0n) is 32.1. The maximum Gasteiger partial charge on any atom is 0.326 e. The number of rotatable bonds is 12. The number of carbonyl (C=O) groups is 3. The van der Waals surface area contributed by atoms with Crippen molar-refractivity contribution in [2.75, 3.05) is 0 Å². The van der Waals surface area contributed by atoms with E-state index in [4.69, 9.17) is 37.9 Å². The van der Waals surface area contributed by atoms with Gasteiger partial charge in [0.2, 0.25) is 5.91 Å². The van der Waals surface area contributed by atoms with Gasteiger partial charge in [0.15, 0.2) is 11.9 Å². The molecule has 6 aromatic rings. The molecule has 3 heterocycles. The lowest BCUT2D eigenvalue weighted by molar-refractivity contribution is -0.142. The first-order valence-electron chi connectivity index (χ1n) is 19.0. The molecule has 2 aliphatic rings. The Labute approximate surface area is 365 Å². The lowest BCUT2D eigenvalue weighted by atomic mass is 9.89. The van der Waals surface area contributed by atoms with Gasteiger partial charge in [-0.1, -0.05) is 89.9 Å². The molecule has 0 saturated carbocycles. The van der Waals surface area contributed by atoms with Crippen molar-refractivity contribution in [1.82, 2.24) is 9.62 Å². The van der Waals surface area contributed by atoms with E-state index in [1.165, 1.54) is 6.07 Å². The smallest absolute Gasteiger partial charge is 0.326 e. The molecule has 1 unspecified atom stereocenters. The molecular formula is C46H35Cl2N3O8S2. The highest BCUT2D eigenvalue weighted by Gasteiger charge is 2.42. The summed E-state index contributed by atoms with van der Waals surface area (Å²) < 4.78 is 41.6. The van der Waals surface area contributed by atoms with Crippen molar-refractivity contribution in [3.63, 3.8) is 0 Å². The molecule has 1 aromatic heterocycles. The number of benzene rings is 5. The molecule has 2 N–H and O–H groups in total. The van der Waals surface area contributed by atoms with E-state index < -0.39 is 40.1 Å².